The van der Waals surface area contributed by atoms with Gasteiger partial charge >= 0.3 is 0 Å². The number of aliphatic imine (C=N–C) groups is 1. The molecule has 2 N–H and O–H groups in total. The van der Waals surface area contributed by atoms with Crippen LogP contribution in [0, 0.1) is 19.3 Å². The van der Waals surface area contributed by atoms with Crippen molar-refractivity contribution in [2.75, 3.05) is 13.1 Å². The van der Waals surface area contributed by atoms with Gasteiger partial charge in [0.25, 0.3) is 0 Å². The Balaban J connectivity index is 0.00000242. The number of rotatable bonds is 5. The lowest BCUT2D eigenvalue weighted by Gasteiger charge is -2.25. The molecule has 6 heteroatoms. The fraction of sp³-hybridized carbons (Fsp3) is 0.750. The zero-order chi connectivity index (χ0) is 15.3. The maximum Gasteiger partial charge on any atom is 0.191 e. The summed E-state index contributed by atoms with van der Waals surface area (Å²) >= 11 is 1.74. The molecule has 0 aromatic carbocycles. The van der Waals surface area contributed by atoms with Crippen molar-refractivity contribution in [1.82, 2.24) is 15.6 Å². The Hall–Kier alpha value is -0.370. The van der Waals surface area contributed by atoms with Crippen molar-refractivity contribution in [3.8, 4) is 0 Å². The van der Waals surface area contributed by atoms with Crippen LogP contribution in [0.25, 0.3) is 0 Å². The van der Waals surface area contributed by atoms with Gasteiger partial charge in [0, 0.05) is 18.0 Å². The van der Waals surface area contributed by atoms with Gasteiger partial charge in [-0.15, -0.1) is 35.3 Å². The first-order valence-corrected chi connectivity index (χ1v) is 8.79. The molecule has 0 bridgehead atoms. The molecule has 126 valence electrons. The third kappa shape index (κ3) is 5.68. The number of nitrogens with one attached hydrogen (secondary N) is 2. The fourth-order valence-electron chi connectivity index (χ4n) is 2.80. The summed E-state index contributed by atoms with van der Waals surface area (Å²) in [5.41, 5.74) is 1.56. The van der Waals surface area contributed by atoms with Gasteiger partial charge < -0.3 is 10.6 Å². The molecule has 22 heavy (non-hydrogen) atoms. The Morgan fingerprint density at radius 1 is 1.27 bits per heavy atom. The summed E-state index contributed by atoms with van der Waals surface area (Å²) in [7, 11) is 0. The zero-order valence-corrected chi connectivity index (χ0v) is 17.3. The molecule has 0 radical (unpaired) electrons. The van der Waals surface area contributed by atoms with Gasteiger partial charge in [-0.3, -0.25) is 0 Å². The normalized spacial score (nSPS) is 17.2. The van der Waals surface area contributed by atoms with Gasteiger partial charge in [-0.05, 0) is 39.0 Å². The lowest BCUT2D eigenvalue weighted by atomic mass is 9.89. The van der Waals surface area contributed by atoms with Gasteiger partial charge in [-0.2, -0.15) is 0 Å². The highest BCUT2D eigenvalue weighted by Crippen LogP contribution is 2.36. The van der Waals surface area contributed by atoms with Crippen molar-refractivity contribution in [1.29, 1.82) is 0 Å². The Labute approximate surface area is 155 Å². The summed E-state index contributed by atoms with van der Waals surface area (Å²) in [4.78, 5) is 10.5. The Kier molecular flexibility index (Phi) is 8.10. The van der Waals surface area contributed by atoms with Crippen LogP contribution >= 0.6 is 35.3 Å². The monoisotopic (exact) mass is 436 g/mol. The molecule has 1 aliphatic rings. The Morgan fingerprint density at radius 2 is 1.95 bits per heavy atom. The molecule has 0 amide bonds. The second-order valence-electron chi connectivity index (χ2n) is 6.32. The van der Waals surface area contributed by atoms with Crippen LogP contribution in [0.4, 0.5) is 0 Å². The number of hydrogen-bond donors (Lipinski definition) is 2. The molecule has 1 fully saturated rings. The molecule has 1 aliphatic carbocycles. The maximum atomic E-state index is 4.67. The Bertz CT molecular complexity index is 473. The van der Waals surface area contributed by atoms with Crippen LogP contribution in [0.2, 0.25) is 0 Å². The summed E-state index contributed by atoms with van der Waals surface area (Å²) in [5.74, 6) is 0.913. The summed E-state index contributed by atoms with van der Waals surface area (Å²) in [6, 6.07) is 0. The van der Waals surface area contributed by atoms with Gasteiger partial charge in [0.15, 0.2) is 5.96 Å². The molecule has 1 saturated carbocycles. The van der Waals surface area contributed by atoms with Crippen molar-refractivity contribution >= 4 is 41.3 Å². The van der Waals surface area contributed by atoms with Gasteiger partial charge in [0.1, 0.15) is 5.01 Å². The smallest absolute Gasteiger partial charge is 0.191 e. The highest BCUT2D eigenvalue weighted by atomic mass is 127. The maximum absolute atomic E-state index is 4.67. The average Bonchev–Trinajstić information content (AvgIpc) is 3.01. The number of aryl methyl sites for hydroxylation is 2. The molecule has 0 unspecified atom stereocenters. The second-order valence-corrected chi connectivity index (χ2v) is 7.60. The second kappa shape index (κ2) is 9.05. The van der Waals surface area contributed by atoms with Crippen LogP contribution in [0.15, 0.2) is 4.99 Å². The van der Waals surface area contributed by atoms with Crippen LogP contribution in [-0.4, -0.2) is 24.0 Å². The lowest BCUT2D eigenvalue weighted by molar-refractivity contribution is 0.334. The van der Waals surface area contributed by atoms with E-state index in [1.54, 1.807) is 11.3 Å². The SMILES string of the molecule is CCNC(=NCc1nc(C)c(C)s1)NCC1(C)CCCC1.I. The predicted octanol–water partition coefficient (Wildman–Crippen LogP) is 4.01. The van der Waals surface area contributed by atoms with Crippen molar-refractivity contribution in [2.24, 2.45) is 10.4 Å². The number of thiazole rings is 1. The number of halogens is 1. The standard InChI is InChI=1S/C16H28N4S.HI/c1-5-17-15(19-11-16(4)8-6-7-9-16)18-10-14-20-12(2)13(3)21-14;/h5-11H2,1-4H3,(H2,17,18,19);1H. The van der Waals surface area contributed by atoms with E-state index in [9.17, 15) is 0 Å². The molecule has 1 heterocycles. The first-order valence-electron chi connectivity index (χ1n) is 7.97. The molecule has 2 rings (SSSR count). The summed E-state index contributed by atoms with van der Waals surface area (Å²) in [6.07, 6.45) is 5.38. The molecular formula is C16H29IN4S. The van der Waals surface area contributed by atoms with Crippen LogP contribution < -0.4 is 10.6 Å². The van der Waals surface area contributed by atoms with E-state index in [0.717, 1.165) is 29.8 Å². The number of hydrogen-bond acceptors (Lipinski definition) is 3. The van der Waals surface area contributed by atoms with Gasteiger partial charge in [0.2, 0.25) is 0 Å². The molecule has 4 nitrogen and oxygen atoms in total. The average molecular weight is 436 g/mol. The Morgan fingerprint density at radius 3 is 2.50 bits per heavy atom. The molecule has 0 saturated heterocycles. The molecule has 0 aliphatic heterocycles. The number of guanidine groups is 1. The summed E-state index contributed by atoms with van der Waals surface area (Å²) in [6.45, 7) is 11.2. The number of nitrogens with zero attached hydrogens (tertiary/aromatic N) is 2. The minimum Gasteiger partial charge on any atom is -0.357 e. The van der Waals surface area contributed by atoms with E-state index in [0.29, 0.717) is 12.0 Å². The molecular weight excluding hydrogens is 407 g/mol. The van der Waals surface area contributed by atoms with Gasteiger partial charge in [0.05, 0.1) is 12.2 Å². The fourth-order valence-corrected chi connectivity index (χ4v) is 3.66. The van der Waals surface area contributed by atoms with Gasteiger partial charge in [-0.1, -0.05) is 19.8 Å². The molecule has 0 atom stereocenters. The van der Waals surface area contributed by atoms with E-state index in [-0.39, 0.29) is 24.0 Å². The third-order valence-electron chi connectivity index (χ3n) is 4.28. The van der Waals surface area contributed by atoms with E-state index >= 15 is 0 Å². The predicted molar refractivity (Wildman–Crippen MR) is 106 cm³/mol. The number of aromatic nitrogens is 1. The largest absolute Gasteiger partial charge is 0.357 e. The van der Waals surface area contributed by atoms with E-state index in [4.69, 9.17) is 0 Å². The van der Waals surface area contributed by atoms with Crippen LogP contribution in [0.5, 0.6) is 0 Å². The van der Waals surface area contributed by atoms with E-state index in [1.165, 1.54) is 30.6 Å². The van der Waals surface area contributed by atoms with E-state index in [2.05, 4.69) is 48.3 Å². The topological polar surface area (TPSA) is 49.3 Å². The highest BCUT2D eigenvalue weighted by molar-refractivity contribution is 14.0. The van der Waals surface area contributed by atoms with Crippen LogP contribution in [-0.2, 0) is 6.54 Å². The summed E-state index contributed by atoms with van der Waals surface area (Å²) < 4.78 is 0. The van der Waals surface area contributed by atoms with E-state index < -0.39 is 0 Å². The van der Waals surface area contributed by atoms with Crippen LogP contribution in [0.3, 0.4) is 0 Å². The van der Waals surface area contributed by atoms with Crippen LogP contribution in [0.1, 0.15) is 55.1 Å². The van der Waals surface area contributed by atoms with Gasteiger partial charge in [-0.25, -0.2) is 9.98 Å². The first kappa shape index (κ1) is 19.7. The zero-order valence-electron chi connectivity index (χ0n) is 14.2. The lowest BCUT2D eigenvalue weighted by Crippen LogP contribution is -2.42. The van der Waals surface area contributed by atoms with Crippen molar-refractivity contribution in [3.63, 3.8) is 0 Å². The summed E-state index contributed by atoms with van der Waals surface area (Å²) in [5, 5.41) is 7.93. The molecule has 1 aromatic heterocycles. The van der Waals surface area contributed by atoms with Crippen molar-refractivity contribution < 1.29 is 0 Å². The molecule has 0 spiro atoms. The quantitative estimate of drug-likeness (QED) is 0.417. The first-order chi connectivity index (χ1) is 10.0. The highest BCUT2D eigenvalue weighted by Gasteiger charge is 2.28. The van der Waals surface area contributed by atoms with Crippen molar-refractivity contribution in [3.05, 3.63) is 15.6 Å². The third-order valence-corrected chi connectivity index (χ3v) is 5.34. The minimum absolute atomic E-state index is 0. The van der Waals surface area contributed by atoms with E-state index in [1.807, 2.05) is 0 Å². The minimum atomic E-state index is 0. The molecule has 1 aromatic rings. The van der Waals surface area contributed by atoms with Crippen molar-refractivity contribution in [2.45, 2.75) is 59.9 Å².